The minimum atomic E-state index is -0.0189. The minimum Gasteiger partial charge on any atom is -0.381 e. The largest absolute Gasteiger partial charge is 0.381 e. The molecule has 2 aliphatic rings. The first-order chi connectivity index (χ1) is 18.5. The topological polar surface area (TPSA) is 156 Å². The Bertz CT molecular complexity index is 1270. The van der Waals surface area contributed by atoms with Gasteiger partial charge in [0, 0.05) is 69.7 Å². The van der Waals surface area contributed by atoms with Crippen LogP contribution >= 0.6 is 0 Å². The molecular weight excluding hydrogens is 488 g/mol. The number of nitrogen functional groups attached to an aromatic ring is 1. The van der Waals surface area contributed by atoms with Gasteiger partial charge in [-0.15, -0.1) is 5.10 Å². The highest BCUT2D eigenvalue weighted by Crippen LogP contribution is 2.22. The summed E-state index contributed by atoms with van der Waals surface area (Å²) >= 11 is 0. The molecule has 200 valence electrons. The molecule has 1 aromatic carbocycles. The number of hydrogen-bond donors (Lipinski definition) is 3. The molecule has 13 nitrogen and oxygen atoms in total. The molecule has 4 N–H and O–H groups in total. The fourth-order valence-corrected chi connectivity index (χ4v) is 4.60. The molecule has 0 aliphatic carbocycles. The first-order valence-corrected chi connectivity index (χ1v) is 12.8. The number of anilines is 5. The number of benzene rings is 1. The van der Waals surface area contributed by atoms with E-state index in [1.54, 1.807) is 6.92 Å². The Morgan fingerprint density at radius 2 is 1.74 bits per heavy atom. The molecule has 0 spiro atoms. The smallest absolute Gasteiger partial charge is 0.248 e. The maximum absolute atomic E-state index is 12.5. The number of carbonyl (C=O) groups excluding carboxylic acids is 2. The first-order valence-electron chi connectivity index (χ1n) is 12.8. The molecule has 2 aromatic heterocycles. The molecule has 3 aromatic rings. The van der Waals surface area contributed by atoms with Gasteiger partial charge in [-0.3, -0.25) is 9.59 Å². The molecule has 5 rings (SSSR count). The summed E-state index contributed by atoms with van der Waals surface area (Å²) in [5, 5.41) is 10.6. The zero-order valence-corrected chi connectivity index (χ0v) is 21.3. The van der Waals surface area contributed by atoms with E-state index in [-0.39, 0.29) is 23.7 Å². The number of ether oxygens (including phenoxy) is 1. The van der Waals surface area contributed by atoms with Gasteiger partial charge in [-0.2, -0.15) is 9.67 Å². The van der Waals surface area contributed by atoms with E-state index < -0.39 is 0 Å². The van der Waals surface area contributed by atoms with Gasteiger partial charge in [-0.25, -0.2) is 9.97 Å². The van der Waals surface area contributed by atoms with Crippen molar-refractivity contribution in [3.05, 3.63) is 36.7 Å². The van der Waals surface area contributed by atoms with Crippen molar-refractivity contribution in [2.45, 2.75) is 26.2 Å². The number of nitrogens with zero attached hydrogens (tertiary/aromatic N) is 7. The van der Waals surface area contributed by atoms with Crippen molar-refractivity contribution in [1.82, 2.24) is 29.6 Å². The molecule has 2 saturated heterocycles. The predicted molar refractivity (Wildman–Crippen MR) is 142 cm³/mol. The quantitative estimate of drug-likeness (QED) is 0.438. The predicted octanol–water partition coefficient (Wildman–Crippen LogP) is 1.81. The zero-order valence-electron chi connectivity index (χ0n) is 21.3. The average Bonchev–Trinajstić information content (AvgIpc) is 3.12. The van der Waals surface area contributed by atoms with Crippen molar-refractivity contribution in [1.29, 1.82) is 0 Å². The van der Waals surface area contributed by atoms with Crippen LogP contribution in [0.5, 0.6) is 0 Å². The van der Waals surface area contributed by atoms with E-state index in [0.29, 0.717) is 38.1 Å². The van der Waals surface area contributed by atoms with Crippen molar-refractivity contribution >= 4 is 40.9 Å². The Morgan fingerprint density at radius 1 is 1.00 bits per heavy atom. The number of nitrogens with one attached hydrogen (secondary N) is 2. The van der Waals surface area contributed by atoms with Gasteiger partial charge >= 0.3 is 0 Å². The van der Waals surface area contributed by atoms with E-state index in [4.69, 9.17) is 10.5 Å². The lowest BCUT2D eigenvalue weighted by Gasteiger charge is -2.22. The molecule has 2 aliphatic heterocycles. The van der Waals surface area contributed by atoms with Crippen molar-refractivity contribution in [2.24, 2.45) is 5.92 Å². The second kappa shape index (κ2) is 11.4. The highest BCUT2D eigenvalue weighted by molar-refractivity contribution is 5.92. The van der Waals surface area contributed by atoms with E-state index in [1.165, 1.54) is 11.0 Å². The van der Waals surface area contributed by atoms with Gasteiger partial charge in [-0.1, -0.05) is 0 Å². The third-order valence-electron chi connectivity index (χ3n) is 6.75. The third-order valence-corrected chi connectivity index (χ3v) is 6.75. The Morgan fingerprint density at radius 3 is 2.50 bits per heavy atom. The van der Waals surface area contributed by atoms with E-state index in [0.717, 1.165) is 49.5 Å². The van der Waals surface area contributed by atoms with Gasteiger partial charge < -0.3 is 30.9 Å². The molecule has 2 fully saturated rings. The van der Waals surface area contributed by atoms with Gasteiger partial charge in [-0.05, 0) is 43.5 Å². The summed E-state index contributed by atoms with van der Waals surface area (Å²) in [5.41, 5.74) is 7.62. The van der Waals surface area contributed by atoms with Crippen molar-refractivity contribution in [3.63, 3.8) is 0 Å². The van der Waals surface area contributed by atoms with Gasteiger partial charge in [0.2, 0.25) is 23.7 Å². The average molecular weight is 521 g/mol. The molecular formula is C25H32N10O3. The second-order valence-corrected chi connectivity index (χ2v) is 9.36. The number of hydrogen-bond acceptors (Lipinski definition) is 10. The standard InChI is InChI=1S/C25H32N10O3/c1-17(36)33-9-2-10-34(12-11-33)21-15-22(28-16-27-21)35-24(26)31-25(32-35)30-20-5-3-19(4-6-20)29-23(37)18-7-13-38-14-8-18/h3-6,15-16,18H,2,7-14H2,1H3,(H,29,37)(H3,26,30,31,32). The molecule has 2 amide bonds. The summed E-state index contributed by atoms with van der Waals surface area (Å²) in [5.74, 6) is 1.80. The van der Waals surface area contributed by atoms with Crippen LogP contribution in [0.2, 0.25) is 0 Å². The summed E-state index contributed by atoms with van der Waals surface area (Å²) in [6.45, 7) is 5.69. The van der Waals surface area contributed by atoms with Crippen LogP contribution in [0.25, 0.3) is 5.82 Å². The molecule has 0 saturated carbocycles. The first kappa shape index (κ1) is 25.4. The molecule has 0 unspecified atom stereocenters. The summed E-state index contributed by atoms with van der Waals surface area (Å²) in [4.78, 5) is 41.2. The summed E-state index contributed by atoms with van der Waals surface area (Å²) in [6.07, 6.45) is 3.81. The van der Waals surface area contributed by atoms with E-state index in [1.807, 2.05) is 35.2 Å². The van der Waals surface area contributed by atoms with Gasteiger partial charge in [0.15, 0.2) is 5.82 Å². The number of aromatic nitrogens is 5. The van der Waals surface area contributed by atoms with Crippen LogP contribution in [0.1, 0.15) is 26.2 Å². The Kier molecular flexibility index (Phi) is 7.63. The van der Waals surface area contributed by atoms with Crippen LogP contribution in [0, 0.1) is 5.92 Å². The third kappa shape index (κ3) is 5.99. The Hall–Kier alpha value is -4.26. The lowest BCUT2D eigenvalue weighted by molar-refractivity contribution is -0.128. The van der Waals surface area contributed by atoms with Crippen LogP contribution in [0.15, 0.2) is 36.7 Å². The number of rotatable bonds is 6. The molecule has 0 radical (unpaired) electrons. The Labute approximate surface area is 220 Å². The highest BCUT2D eigenvalue weighted by atomic mass is 16.5. The maximum atomic E-state index is 12.5. The van der Waals surface area contributed by atoms with Gasteiger partial charge in [0.05, 0.1) is 0 Å². The molecule has 0 bridgehead atoms. The summed E-state index contributed by atoms with van der Waals surface area (Å²) < 4.78 is 6.78. The number of carbonyl (C=O) groups is 2. The highest BCUT2D eigenvalue weighted by Gasteiger charge is 2.22. The van der Waals surface area contributed by atoms with E-state index >= 15 is 0 Å². The Balaban J connectivity index is 1.23. The van der Waals surface area contributed by atoms with E-state index in [9.17, 15) is 9.59 Å². The summed E-state index contributed by atoms with van der Waals surface area (Å²) in [7, 11) is 0. The number of nitrogens with two attached hydrogens (primary N) is 1. The van der Waals surface area contributed by atoms with E-state index in [2.05, 4.69) is 35.6 Å². The summed E-state index contributed by atoms with van der Waals surface area (Å²) in [6, 6.07) is 9.14. The SMILES string of the molecule is CC(=O)N1CCCN(c2cc(-n3nc(Nc4ccc(NC(=O)C5CCOCC5)cc4)nc3N)ncn2)CC1. The molecule has 13 heteroatoms. The van der Waals surface area contributed by atoms with Crippen molar-refractivity contribution in [3.8, 4) is 5.82 Å². The minimum absolute atomic E-state index is 0.0165. The monoisotopic (exact) mass is 520 g/mol. The second-order valence-electron chi connectivity index (χ2n) is 9.36. The maximum Gasteiger partial charge on any atom is 0.248 e. The normalized spacial score (nSPS) is 16.7. The van der Waals surface area contributed by atoms with Gasteiger partial charge in [0.1, 0.15) is 12.1 Å². The van der Waals surface area contributed by atoms with Crippen molar-refractivity contribution < 1.29 is 14.3 Å². The lowest BCUT2D eigenvalue weighted by Crippen LogP contribution is -2.33. The van der Waals surface area contributed by atoms with Crippen LogP contribution in [0.3, 0.4) is 0 Å². The number of amides is 2. The molecule has 38 heavy (non-hydrogen) atoms. The molecule has 4 heterocycles. The van der Waals surface area contributed by atoms with Crippen LogP contribution < -0.4 is 21.3 Å². The van der Waals surface area contributed by atoms with Crippen LogP contribution in [-0.4, -0.2) is 80.8 Å². The van der Waals surface area contributed by atoms with Crippen LogP contribution in [-0.2, 0) is 14.3 Å². The van der Waals surface area contributed by atoms with Gasteiger partial charge in [0.25, 0.3) is 0 Å². The molecule has 0 atom stereocenters. The fourth-order valence-electron chi connectivity index (χ4n) is 4.60. The van der Waals surface area contributed by atoms with Crippen LogP contribution in [0.4, 0.5) is 29.1 Å². The fraction of sp³-hybridized carbons (Fsp3) is 0.440. The zero-order chi connectivity index (χ0) is 26.5. The lowest BCUT2D eigenvalue weighted by atomic mass is 9.99. The van der Waals surface area contributed by atoms with Crippen molar-refractivity contribution in [2.75, 3.05) is 60.7 Å².